The highest BCUT2D eigenvalue weighted by Crippen LogP contribution is 2.31. The molecule has 0 spiro atoms. The Hall–Kier alpha value is -1.73. The van der Waals surface area contributed by atoms with Crippen molar-refractivity contribution in [3.05, 3.63) is 29.9 Å². The van der Waals surface area contributed by atoms with Gasteiger partial charge in [-0.15, -0.1) is 0 Å². The summed E-state index contributed by atoms with van der Waals surface area (Å²) < 4.78 is 12.7. The van der Waals surface area contributed by atoms with Crippen molar-refractivity contribution in [2.45, 2.75) is 45.3 Å². The van der Waals surface area contributed by atoms with Gasteiger partial charge in [0.05, 0.1) is 24.7 Å². The number of piperidine rings is 1. The second-order valence-corrected chi connectivity index (χ2v) is 5.73. The average Bonchev–Trinajstić information content (AvgIpc) is 3.15. The van der Waals surface area contributed by atoms with Gasteiger partial charge in [0.1, 0.15) is 0 Å². The van der Waals surface area contributed by atoms with Crippen LogP contribution in [-0.4, -0.2) is 44.9 Å². The lowest BCUT2D eigenvalue weighted by atomic mass is 10.0. The highest BCUT2D eigenvalue weighted by Gasteiger charge is 2.29. The highest BCUT2D eigenvalue weighted by atomic mass is 16.5. The molecule has 0 unspecified atom stereocenters. The van der Waals surface area contributed by atoms with Gasteiger partial charge in [0, 0.05) is 26.4 Å². The Labute approximate surface area is 130 Å². The Morgan fingerprint density at radius 1 is 1.41 bits per heavy atom. The number of hydrogen-bond acceptors (Lipinski definition) is 6. The van der Waals surface area contributed by atoms with E-state index < -0.39 is 0 Å². The first-order valence-corrected chi connectivity index (χ1v) is 7.80. The summed E-state index contributed by atoms with van der Waals surface area (Å²) in [5.41, 5.74) is 1.19. The van der Waals surface area contributed by atoms with Gasteiger partial charge in [0.25, 0.3) is 0 Å². The van der Waals surface area contributed by atoms with Crippen LogP contribution in [0.25, 0.3) is 0 Å². The quantitative estimate of drug-likeness (QED) is 0.812. The van der Waals surface area contributed by atoms with Crippen LogP contribution in [-0.2, 0) is 17.8 Å². The molecule has 0 saturated carbocycles. The summed E-state index contributed by atoms with van der Waals surface area (Å²) in [6.45, 7) is 5.26. The van der Waals surface area contributed by atoms with Gasteiger partial charge in [-0.3, -0.25) is 4.90 Å². The third kappa shape index (κ3) is 3.36. The van der Waals surface area contributed by atoms with Crippen LogP contribution in [0, 0.1) is 6.92 Å². The van der Waals surface area contributed by atoms with Crippen molar-refractivity contribution in [1.29, 1.82) is 0 Å². The van der Waals surface area contributed by atoms with E-state index in [0.717, 1.165) is 31.9 Å². The Morgan fingerprint density at radius 3 is 3.09 bits per heavy atom. The minimum Gasteiger partial charge on any atom is -0.383 e. The molecule has 1 atom stereocenters. The predicted octanol–water partition coefficient (Wildman–Crippen LogP) is 1.95. The fraction of sp³-hybridized carbons (Fsp3) is 0.667. The number of likely N-dealkylation sites (tertiary alicyclic amines) is 1. The van der Waals surface area contributed by atoms with Crippen LogP contribution in [0.1, 0.15) is 42.7 Å². The molecule has 0 bridgehead atoms. The van der Waals surface area contributed by atoms with Crippen molar-refractivity contribution in [2.75, 3.05) is 20.3 Å². The molecule has 7 nitrogen and oxygen atoms in total. The molecule has 0 N–H and O–H groups in total. The SMILES string of the molecule is COCCn1cncc1CN1CCCC[C@H]1c1nc(C)no1. The lowest BCUT2D eigenvalue weighted by molar-refractivity contribution is 0.107. The van der Waals surface area contributed by atoms with E-state index in [0.29, 0.717) is 12.4 Å². The maximum atomic E-state index is 5.40. The Morgan fingerprint density at radius 2 is 2.32 bits per heavy atom. The zero-order valence-corrected chi connectivity index (χ0v) is 13.2. The molecule has 0 amide bonds. The van der Waals surface area contributed by atoms with E-state index in [1.165, 1.54) is 18.5 Å². The summed E-state index contributed by atoms with van der Waals surface area (Å²) >= 11 is 0. The molecule has 22 heavy (non-hydrogen) atoms. The third-order valence-electron chi connectivity index (χ3n) is 4.14. The number of hydrogen-bond donors (Lipinski definition) is 0. The van der Waals surface area contributed by atoms with E-state index in [1.807, 2.05) is 19.4 Å². The predicted molar refractivity (Wildman–Crippen MR) is 80.1 cm³/mol. The minimum absolute atomic E-state index is 0.209. The molecule has 1 saturated heterocycles. The van der Waals surface area contributed by atoms with Crippen molar-refractivity contribution < 1.29 is 9.26 Å². The van der Waals surface area contributed by atoms with Crippen LogP contribution >= 0.6 is 0 Å². The maximum Gasteiger partial charge on any atom is 0.243 e. The Balaban J connectivity index is 1.73. The molecular weight excluding hydrogens is 282 g/mol. The van der Waals surface area contributed by atoms with E-state index in [4.69, 9.17) is 9.26 Å². The molecule has 3 rings (SSSR count). The topological polar surface area (TPSA) is 69.2 Å². The number of methoxy groups -OCH3 is 1. The first-order valence-electron chi connectivity index (χ1n) is 7.80. The van der Waals surface area contributed by atoms with Crippen molar-refractivity contribution in [1.82, 2.24) is 24.6 Å². The maximum absolute atomic E-state index is 5.40. The van der Waals surface area contributed by atoms with Crippen LogP contribution in [0.15, 0.2) is 17.0 Å². The van der Waals surface area contributed by atoms with Crippen LogP contribution in [0.2, 0.25) is 0 Å². The van der Waals surface area contributed by atoms with Crippen molar-refractivity contribution >= 4 is 0 Å². The summed E-state index contributed by atoms with van der Waals surface area (Å²) in [6, 6.07) is 0.209. The summed E-state index contributed by atoms with van der Waals surface area (Å²) in [5, 5.41) is 3.93. The van der Waals surface area contributed by atoms with E-state index in [9.17, 15) is 0 Å². The van der Waals surface area contributed by atoms with E-state index >= 15 is 0 Å². The van der Waals surface area contributed by atoms with Crippen molar-refractivity contribution in [3.8, 4) is 0 Å². The molecule has 1 aliphatic heterocycles. The van der Waals surface area contributed by atoms with Gasteiger partial charge in [0.15, 0.2) is 5.82 Å². The molecule has 2 aromatic rings. The summed E-state index contributed by atoms with van der Waals surface area (Å²) in [6.07, 6.45) is 7.26. The zero-order chi connectivity index (χ0) is 15.4. The number of imidazole rings is 1. The average molecular weight is 305 g/mol. The van der Waals surface area contributed by atoms with Gasteiger partial charge in [-0.25, -0.2) is 4.98 Å². The highest BCUT2D eigenvalue weighted by molar-refractivity contribution is 5.02. The van der Waals surface area contributed by atoms with Crippen molar-refractivity contribution in [3.63, 3.8) is 0 Å². The molecule has 0 aromatic carbocycles. The van der Waals surface area contributed by atoms with Crippen LogP contribution in [0.5, 0.6) is 0 Å². The molecule has 1 fully saturated rings. The lowest BCUT2D eigenvalue weighted by Gasteiger charge is -2.33. The molecular formula is C15H23N5O2. The molecule has 7 heteroatoms. The smallest absolute Gasteiger partial charge is 0.243 e. The van der Waals surface area contributed by atoms with Gasteiger partial charge in [-0.2, -0.15) is 4.98 Å². The van der Waals surface area contributed by atoms with Crippen LogP contribution in [0.3, 0.4) is 0 Å². The molecule has 2 aromatic heterocycles. The lowest BCUT2D eigenvalue weighted by Crippen LogP contribution is -2.34. The van der Waals surface area contributed by atoms with Gasteiger partial charge >= 0.3 is 0 Å². The third-order valence-corrected chi connectivity index (χ3v) is 4.14. The number of aromatic nitrogens is 4. The minimum atomic E-state index is 0.209. The summed E-state index contributed by atoms with van der Waals surface area (Å²) in [5.74, 6) is 1.44. The van der Waals surface area contributed by atoms with Crippen LogP contribution < -0.4 is 0 Å². The normalized spacial score (nSPS) is 19.6. The monoisotopic (exact) mass is 305 g/mol. The first kappa shape index (κ1) is 15.2. The first-order chi connectivity index (χ1) is 10.8. The molecule has 3 heterocycles. The Bertz CT molecular complexity index is 594. The molecule has 120 valence electrons. The van der Waals surface area contributed by atoms with Gasteiger partial charge in [-0.1, -0.05) is 11.6 Å². The van der Waals surface area contributed by atoms with Crippen LogP contribution in [0.4, 0.5) is 0 Å². The molecule has 0 aliphatic carbocycles. The number of nitrogens with zero attached hydrogens (tertiary/aromatic N) is 5. The van der Waals surface area contributed by atoms with E-state index in [2.05, 4.69) is 24.6 Å². The number of aryl methyl sites for hydroxylation is 1. The molecule has 1 aliphatic rings. The Kier molecular flexibility index (Phi) is 4.84. The van der Waals surface area contributed by atoms with Gasteiger partial charge < -0.3 is 13.8 Å². The standard InChI is InChI=1S/C15H23N5O2/c1-12-17-15(22-18-12)14-5-3-4-6-19(14)10-13-9-16-11-20(13)7-8-21-2/h9,11,14H,3-8,10H2,1-2H3/t14-/m0/s1. The van der Waals surface area contributed by atoms with Gasteiger partial charge in [-0.05, 0) is 26.3 Å². The largest absolute Gasteiger partial charge is 0.383 e. The summed E-state index contributed by atoms with van der Waals surface area (Å²) in [4.78, 5) is 11.1. The zero-order valence-electron chi connectivity index (χ0n) is 13.2. The fourth-order valence-corrected chi connectivity index (χ4v) is 2.99. The molecule has 0 radical (unpaired) electrons. The number of ether oxygens (including phenoxy) is 1. The fourth-order valence-electron chi connectivity index (χ4n) is 2.99. The van der Waals surface area contributed by atoms with E-state index in [1.54, 1.807) is 7.11 Å². The van der Waals surface area contributed by atoms with E-state index in [-0.39, 0.29) is 6.04 Å². The van der Waals surface area contributed by atoms with Gasteiger partial charge in [0.2, 0.25) is 5.89 Å². The number of rotatable bonds is 6. The summed E-state index contributed by atoms with van der Waals surface area (Å²) in [7, 11) is 1.72. The second-order valence-electron chi connectivity index (χ2n) is 5.73. The van der Waals surface area contributed by atoms with Crippen molar-refractivity contribution in [2.24, 2.45) is 0 Å². The second kappa shape index (κ2) is 7.02.